The molecule has 2 aliphatic heterocycles. The lowest BCUT2D eigenvalue weighted by atomic mass is 9.63. The highest BCUT2D eigenvalue weighted by Gasteiger charge is 2.61. The van der Waals surface area contributed by atoms with Gasteiger partial charge in [0.15, 0.2) is 9.84 Å². The number of benzene rings is 1. The highest BCUT2D eigenvalue weighted by molar-refractivity contribution is 7.92. The molecule has 3 heterocycles. The van der Waals surface area contributed by atoms with Crippen molar-refractivity contribution < 1.29 is 18.3 Å². The Morgan fingerprint density at radius 1 is 1.13 bits per heavy atom. The third kappa shape index (κ3) is 4.09. The van der Waals surface area contributed by atoms with Gasteiger partial charge < -0.3 is 15.7 Å². The van der Waals surface area contributed by atoms with Gasteiger partial charge in [-0.3, -0.25) is 9.69 Å². The Morgan fingerprint density at radius 2 is 1.90 bits per heavy atom. The number of sulfone groups is 1. The normalized spacial score (nSPS) is 27.4. The first-order chi connectivity index (χ1) is 18.7. The van der Waals surface area contributed by atoms with Gasteiger partial charge in [-0.05, 0) is 113 Å². The Morgan fingerprint density at radius 3 is 2.59 bits per heavy atom. The summed E-state index contributed by atoms with van der Waals surface area (Å²) in [5.74, 6) is 1.13. The van der Waals surface area contributed by atoms with E-state index in [0.717, 1.165) is 87.7 Å². The quantitative estimate of drug-likeness (QED) is 0.516. The van der Waals surface area contributed by atoms with Crippen LogP contribution in [-0.4, -0.2) is 59.9 Å². The predicted octanol–water partition coefficient (Wildman–Crippen LogP) is 3.52. The van der Waals surface area contributed by atoms with Crippen LogP contribution < -0.4 is 15.5 Å². The first-order valence-electron chi connectivity index (χ1n) is 14.4. The third-order valence-corrected chi connectivity index (χ3v) is 12.2. The van der Waals surface area contributed by atoms with Crippen molar-refractivity contribution in [3.8, 4) is 0 Å². The van der Waals surface area contributed by atoms with E-state index < -0.39 is 21.4 Å². The van der Waals surface area contributed by atoms with Crippen LogP contribution in [0.5, 0.6) is 0 Å². The SMILES string of the molecule is Cc1cc(S(=O)(=O)C2CC3(CCNCC3)C2)ccc1Nc1ncc2c(n1)N([C@@H]1CCC[C@@H](O)C1)C(=O)C21CC1. The maximum atomic E-state index is 13.5. The molecule has 39 heavy (non-hydrogen) atoms. The summed E-state index contributed by atoms with van der Waals surface area (Å²) in [7, 11) is -3.38. The summed E-state index contributed by atoms with van der Waals surface area (Å²) in [5, 5.41) is 16.6. The van der Waals surface area contributed by atoms with Crippen molar-refractivity contribution in [2.75, 3.05) is 23.3 Å². The molecule has 7 rings (SSSR count). The monoisotopic (exact) mass is 551 g/mol. The van der Waals surface area contributed by atoms with Crippen LogP contribution in [0.1, 0.15) is 75.3 Å². The molecule has 5 aliphatic rings. The smallest absolute Gasteiger partial charge is 0.239 e. The van der Waals surface area contributed by atoms with Gasteiger partial charge in [-0.2, -0.15) is 4.98 Å². The molecule has 0 unspecified atom stereocenters. The molecule has 1 aromatic heterocycles. The van der Waals surface area contributed by atoms with Crippen molar-refractivity contribution in [2.24, 2.45) is 5.41 Å². The fourth-order valence-corrected chi connectivity index (χ4v) is 9.60. The maximum Gasteiger partial charge on any atom is 0.239 e. The van der Waals surface area contributed by atoms with Crippen molar-refractivity contribution in [2.45, 2.75) is 98.8 Å². The van der Waals surface area contributed by atoms with Crippen LogP contribution in [-0.2, 0) is 20.0 Å². The molecule has 2 aromatic rings. The number of carbonyl (C=O) groups excluding carboxylic acids is 1. The molecule has 10 heteroatoms. The number of nitrogens with zero attached hydrogens (tertiary/aromatic N) is 3. The largest absolute Gasteiger partial charge is 0.393 e. The van der Waals surface area contributed by atoms with Crippen molar-refractivity contribution in [3.63, 3.8) is 0 Å². The Kier molecular flexibility index (Phi) is 5.85. The standard InChI is InChI=1S/C29H37N5O4S/c1-18-13-21(39(37,38)22-15-28(16-22)9-11-30-12-10-28)5-6-24(18)32-27-31-17-23-25(33-27)34(26(36)29(23)7-8-29)19-3-2-4-20(35)14-19/h5-6,13,17,19-20,22,30,35H,2-4,7-12,14-16H2,1H3,(H,31,32,33)/t19-,20-/m1/s1. The van der Waals surface area contributed by atoms with Gasteiger partial charge in [0.05, 0.1) is 21.7 Å². The van der Waals surface area contributed by atoms with Crippen LogP contribution in [0.3, 0.4) is 0 Å². The van der Waals surface area contributed by atoms with Crippen LogP contribution >= 0.6 is 0 Å². The van der Waals surface area contributed by atoms with Gasteiger partial charge in [0.25, 0.3) is 0 Å². The molecular weight excluding hydrogens is 514 g/mol. The number of aromatic nitrogens is 2. The number of carbonyl (C=O) groups is 1. The molecule has 2 spiro atoms. The number of aryl methyl sites for hydroxylation is 1. The average Bonchev–Trinajstić information content (AvgIpc) is 3.67. The first-order valence-corrected chi connectivity index (χ1v) is 16.0. The number of piperidine rings is 1. The summed E-state index contributed by atoms with van der Waals surface area (Å²) in [6.07, 6.45) is 9.75. The van der Waals surface area contributed by atoms with Crippen molar-refractivity contribution in [3.05, 3.63) is 35.5 Å². The lowest BCUT2D eigenvalue weighted by Gasteiger charge is -2.49. The summed E-state index contributed by atoms with van der Waals surface area (Å²) in [6.45, 7) is 3.85. The molecule has 3 aliphatic carbocycles. The molecule has 1 aromatic carbocycles. The molecule has 1 saturated heterocycles. The van der Waals surface area contributed by atoms with E-state index in [9.17, 15) is 18.3 Å². The van der Waals surface area contributed by atoms with Crippen LogP contribution in [0, 0.1) is 12.3 Å². The van der Waals surface area contributed by atoms with Crippen LogP contribution in [0.25, 0.3) is 0 Å². The lowest BCUT2D eigenvalue weighted by Crippen LogP contribution is -2.50. The second-order valence-corrected chi connectivity index (χ2v) is 14.8. The Bertz CT molecular complexity index is 1430. The second kappa shape index (κ2) is 8.97. The summed E-state index contributed by atoms with van der Waals surface area (Å²) in [5.41, 5.74) is 2.15. The van der Waals surface area contributed by atoms with Crippen LogP contribution in [0.15, 0.2) is 29.3 Å². The van der Waals surface area contributed by atoms with E-state index in [1.807, 2.05) is 11.8 Å². The number of anilines is 3. The molecule has 3 saturated carbocycles. The molecule has 1 amide bonds. The average molecular weight is 552 g/mol. The zero-order chi connectivity index (χ0) is 27.0. The van der Waals surface area contributed by atoms with E-state index in [1.54, 1.807) is 24.4 Å². The van der Waals surface area contributed by atoms with Gasteiger partial charge >= 0.3 is 0 Å². The summed E-state index contributed by atoms with van der Waals surface area (Å²) in [6, 6.07) is 5.17. The van der Waals surface area contributed by atoms with Crippen LogP contribution in [0.2, 0.25) is 0 Å². The molecular formula is C29H37N5O4S. The number of aliphatic hydroxyl groups excluding tert-OH is 1. The molecule has 0 radical (unpaired) electrons. The van der Waals surface area contributed by atoms with E-state index in [1.165, 1.54) is 0 Å². The van der Waals surface area contributed by atoms with Gasteiger partial charge in [0.2, 0.25) is 11.9 Å². The minimum Gasteiger partial charge on any atom is -0.393 e. The second-order valence-electron chi connectivity index (χ2n) is 12.6. The van der Waals surface area contributed by atoms with E-state index in [2.05, 4.69) is 15.6 Å². The van der Waals surface area contributed by atoms with E-state index in [-0.39, 0.29) is 22.6 Å². The molecule has 0 bridgehead atoms. The Hall–Kier alpha value is -2.56. The minimum absolute atomic E-state index is 0.0514. The van der Waals surface area contributed by atoms with Gasteiger partial charge in [-0.1, -0.05) is 0 Å². The molecule has 9 nitrogen and oxygen atoms in total. The van der Waals surface area contributed by atoms with Gasteiger partial charge in [-0.25, -0.2) is 13.4 Å². The number of amides is 1. The van der Waals surface area contributed by atoms with Crippen molar-refractivity contribution in [1.82, 2.24) is 15.3 Å². The van der Waals surface area contributed by atoms with Crippen molar-refractivity contribution in [1.29, 1.82) is 0 Å². The zero-order valence-electron chi connectivity index (χ0n) is 22.4. The fraction of sp³-hybridized carbons (Fsp3) is 0.621. The zero-order valence-corrected chi connectivity index (χ0v) is 23.3. The number of nitrogens with one attached hydrogen (secondary N) is 2. The molecule has 3 N–H and O–H groups in total. The fourth-order valence-electron chi connectivity index (χ4n) is 7.47. The van der Waals surface area contributed by atoms with Gasteiger partial charge in [0, 0.05) is 23.5 Å². The number of hydrogen-bond donors (Lipinski definition) is 3. The summed E-state index contributed by atoms with van der Waals surface area (Å²) >= 11 is 0. The van der Waals surface area contributed by atoms with E-state index >= 15 is 0 Å². The molecule has 208 valence electrons. The highest BCUT2D eigenvalue weighted by Crippen LogP contribution is 2.58. The Labute approximate surface area is 229 Å². The van der Waals surface area contributed by atoms with Gasteiger partial charge in [0.1, 0.15) is 5.82 Å². The van der Waals surface area contributed by atoms with Crippen molar-refractivity contribution >= 4 is 33.2 Å². The molecule has 4 fully saturated rings. The lowest BCUT2D eigenvalue weighted by molar-refractivity contribution is -0.121. The number of rotatable bonds is 5. The third-order valence-electron chi connectivity index (χ3n) is 10.1. The minimum atomic E-state index is -3.38. The highest BCUT2D eigenvalue weighted by atomic mass is 32.2. The summed E-state index contributed by atoms with van der Waals surface area (Å²) < 4.78 is 26.8. The number of fused-ring (bicyclic) bond motifs is 2. The molecule has 2 atom stereocenters. The first kappa shape index (κ1) is 25.4. The predicted molar refractivity (Wildman–Crippen MR) is 148 cm³/mol. The van der Waals surface area contributed by atoms with E-state index in [0.29, 0.717) is 23.1 Å². The summed E-state index contributed by atoms with van der Waals surface area (Å²) in [4.78, 5) is 25.0. The van der Waals surface area contributed by atoms with Crippen LogP contribution in [0.4, 0.5) is 17.5 Å². The number of aliphatic hydroxyl groups is 1. The Balaban J connectivity index is 1.11. The van der Waals surface area contributed by atoms with E-state index in [4.69, 9.17) is 4.98 Å². The van der Waals surface area contributed by atoms with Gasteiger partial charge in [-0.15, -0.1) is 0 Å². The topological polar surface area (TPSA) is 125 Å². The maximum absolute atomic E-state index is 13.5. The number of hydrogen-bond acceptors (Lipinski definition) is 8.